The first-order valence-corrected chi connectivity index (χ1v) is 16.2. The van der Waals surface area contributed by atoms with Crippen molar-refractivity contribution < 1.29 is 24.4 Å². The Kier molecular flexibility index (Phi) is 8.49. The van der Waals surface area contributed by atoms with Gasteiger partial charge in [0.1, 0.15) is 4.70 Å². The molecule has 0 aliphatic carbocycles. The summed E-state index contributed by atoms with van der Waals surface area (Å²) in [6.07, 6.45) is 6.64. The molecule has 0 atom stereocenters. The van der Waals surface area contributed by atoms with Gasteiger partial charge in [0, 0.05) is 35.7 Å². The van der Waals surface area contributed by atoms with E-state index < -0.39 is 11.9 Å². The average Bonchev–Trinajstić information content (AvgIpc) is 3.54. The molecule has 0 saturated heterocycles. The number of allylic oxidation sites excluding steroid dienone is 2. The Bertz CT molecular complexity index is 1920. The zero-order valence-corrected chi connectivity index (χ0v) is 25.6. The molecule has 0 radical (unpaired) electrons. The van der Waals surface area contributed by atoms with Crippen molar-refractivity contribution in [3.63, 3.8) is 0 Å². The number of nitrogens with zero attached hydrogens (tertiary/aromatic N) is 2. The van der Waals surface area contributed by atoms with Gasteiger partial charge in [-0.1, -0.05) is 84.6 Å². The SMILES string of the molecule is CCC(=Cc1sc2ccc3ccccc3c2[n+]1CCCC(=O)O)C=C1Sc2ccc3ccccc3c2N1CCCC(=O)O. The van der Waals surface area contributed by atoms with Crippen LogP contribution in [0.4, 0.5) is 5.69 Å². The van der Waals surface area contributed by atoms with Gasteiger partial charge in [0.05, 0.1) is 22.5 Å². The first kappa shape index (κ1) is 29.0. The quantitative estimate of drug-likeness (QED) is 0.146. The van der Waals surface area contributed by atoms with Crippen molar-refractivity contribution >= 4 is 78.6 Å². The van der Waals surface area contributed by atoms with Crippen molar-refractivity contribution in [1.82, 2.24) is 0 Å². The lowest BCUT2D eigenvalue weighted by Crippen LogP contribution is -2.35. The number of benzene rings is 4. The van der Waals surface area contributed by atoms with Crippen LogP contribution < -0.4 is 9.47 Å². The maximum Gasteiger partial charge on any atom is 0.303 e. The van der Waals surface area contributed by atoms with E-state index in [9.17, 15) is 19.8 Å². The number of carboxylic acids is 2. The Morgan fingerprint density at radius 2 is 1.53 bits per heavy atom. The number of hydrogen-bond acceptors (Lipinski definition) is 5. The van der Waals surface area contributed by atoms with Gasteiger partial charge in [-0.05, 0) is 53.5 Å². The van der Waals surface area contributed by atoms with Gasteiger partial charge in [0.2, 0.25) is 5.52 Å². The third kappa shape index (κ3) is 6.03. The molecule has 6 nitrogen and oxygen atoms in total. The number of thiazole rings is 1. The zero-order chi connectivity index (χ0) is 29.9. The highest BCUT2D eigenvalue weighted by Gasteiger charge is 2.28. The standard InChI is InChI=1S/C35H32N2O4S2/c1-2-23(21-30-36(19-7-13-32(38)39)34-26-11-5-3-9-24(26)15-17-28(34)42-30)22-31-37(20-8-14-33(40)41)35-27-12-6-4-10-25(27)16-18-29(35)43-31/h3-6,9-12,15-18,21-22H,2,7-8,13-14,19-20H2,1H3,(H-,38,39,40,41)/p+1. The molecule has 218 valence electrons. The van der Waals surface area contributed by atoms with Crippen molar-refractivity contribution in [2.45, 2.75) is 50.5 Å². The van der Waals surface area contributed by atoms with E-state index in [1.807, 2.05) is 12.1 Å². The summed E-state index contributed by atoms with van der Waals surface area (Å²) >= 11 is 3.46. The van der Waals surface area contributed by atoms with Crippen LogP contribution >= 0.6 is 23.1 Å². The summed E-state index contributed by atoms with van der Waals surface area (Å²) in [6.45, 7) is 3.39. The van der Waals surface area contributed by atoms with Crippen molar-refractivity contribution in [3.05, 3.63) is 94.5 Å². The Hall–Kier alpha value is -4.14. The largest absolute Gasteiger partial charge is 0.481 e. The van der Waals surface area contributed by atoms with E-state index in [0.717, 1.165) is 44.0 Å². The molecule has 4 aromatic carbocycles. The molecule has 1 aliphatic rings. The Balaban J connectivity index is 1.44. The molecule has 43 heavy (non-hydrogen) atoms. The monoisotopic (exact) mass is 609 g/mol. The zero-order valence-electron chi connectivity index (χ0n) is 24.0. The fourth-order valence-corrected chi connectivity index (χ4v) is 8.11. The molecule has 0 unspecified atom stereocenters. The lowest BCUT2D eigenvalue weighted by atomic mass is 10.1. The highest BCUT2D eigenvalue weighted by molar-refractivity contribution is 8.03. The molecule has 5 aromatic rings. The number of aromatic nitrogens is 1. The second-order valence-electron chi connectivity index (χ2n) is 10.7. The molecule has 0 bridgehead atoms. The lowest BCUT2D eigenvalue weighted by Gasteiger charge is -2.22. The Morgan fingerprint density at radius 3 is 2.28 bits per heavy atom. The van der Waals surface area contributed by atoms with Crippen molar-refractivity contribution in [1.29, 1.82) is 0 Å². The normalized spacial score (nSPS) is 14.3. The minimum Gasteiger partial charge on any atom is -0.481 e. The number of carbonyl (C=O) groups is 2. The first-order valence-electron chi connectivity index (χ1n) is 14.6. The van der Waals surface area contributed by atoms with Gasteiger partial charge in [-0.15, -0.1) is 0 Å². The predicted molar refractivity (Wildman–Crippen MR) is 177 cm³/mol. The summed E-state index contributed by atoms with van der Waals surface area (Å²) in [4.78, 5) is 26.2. The summed E-state index contributed by atoms with van der Waals surface area (Å²) in [5.74, 6) is -1.57. The molecule has 0 saturated carbocycles. The van der Waals surface area contributed by atoms with Crippen LogP contribution in [0.1, 0.15) is 44.0 Å². The van der Waals surface area contributed by atoms with Crippen LogP contribution in [0, 0.1) is 0 Å². The van der Waals surface area contributed by atoms with Gasteiger partial charge in [-0.25, -0.2) is 0 Å². The van der Waals surface area contributed by atoms with Crippen LogP contribution in [0.2, 0.25) is 0 Å². The van der Waals surface area contributed by atoms with Gasteiger partial charge < -0.3 is 15.1 Å². The maximum absolute atomic E-state index is 11.4. The maximum atomic E-state index is 11.4. The number of fused-ring (bicyclic) bond motifs is 6. The fraction of sp³-hybridized carbons (Fsp3) is 0.229. The topological polar surface area (TPSA) is 81.7 Å². The summed E-state index contributed by atoms with van der Waals surface area (Å²) in [6, 6.07) is 25.3. The number of aliphatic carboxylic acids is 2. The van der Waals surface area contributed by atoms with Crippen LogP contribution in [0.15, 0.2) is 94.4 Å². The third-order valence-corrected chi connectivity index (χ3v) is 9.99. The van der Waals surface area contributed by atoms with Crippen molar-refractivity contribution in [2.24, 2.45) is 0 Å². The van der Waals surface area contributed by atoms with Gasteiger partial charge in [-0.2, -0.15) is 4.57 Å². The van der Waals surface area contributed by atoms with Crippen LogP contribution in [0.5, 0.6) is 0 Å². The third-order valence-electron chi connectivity index (χ3n) is 7.80. The van der Waals surface area contributed by atoms with Crippen LogP contribution in [-0.4, -0.2) is 28.7 Å². The Labute approximate surface area is 258 Å². The molecular formula is C35H33N2O4S2+. The molecular weight excluding hydrogens is 577 g/mol. The van der Waals surface area contributed by atoms with Crippen LogP contribution in [0.25, 0.3) is 37.8 Å². The van der Waals surface area contributed by atoms with Crippen LogP contribution in [-0.2, 0) is 16.1 Å². The second-order valence-corrected chi connectivity index (χ2v) is 12.8. The second kappa shape index (κ2) is 12.6. The molecule has 0 amide bonds. The molecule has 6 rings (SSSR count). The summed E-state index contributed by atoms with van der Waals surface area (Å²) in [5, 5.41) is 25.5. The van der Waals surface area contributed by atoms with Gasteiger partial charge in [0.15, 0.2) is 6.54 Å². The van der Waals surface area contributed by atoms with Crippen molar-refractivity contribution in [3.8, 4) is 0 Å². The van der Waals surface area contributed by atoms with E-state index in [4.69, 9.17) is 0 Å². The average molecular weight is 610 g/mol. The number of aryl methyl sites for hydroxylation is 1. The van der Waals surface area contributed by atoms with E-state index in [2.05, 4.69) is 89.2 Å². The van der Waals surface area contributed by atoms with E-state index >= 15 is 0 Å². The summed E-state index contributed by atoms with van der Waals surface area (Å²) in [5.41, 5.74) is 3.45. The molecule has 2 heterocycles. The minimum atomic E-state index is -0.783. The first-order chi connectivity index (χ1) is 20.9. The van der Waals surface area contributed by atoms with E-state index in [1.54, 1.807) is 23.1 Å². The molecule has 8 heteroatoms. The highest BCUT2D eigenvalue weighted by Crippen LogP contribution is 2.50. The van der Waals surface area contributed by atoms with Gasteiger partial charge in [-0.3, -0.25) is 9.59 Å². The lowest BCUT2D eigenvalue weighted by molar-refractivity contribution is -0.668. The molecule has 0 spiro atoms. The van der Waals surface area contributed by atoms with E-state index in [-0.39, 0.29) is 12.8 Å². The van der Waals surface area contributed by atoms with E-state index in [0.29, 0.717) is 25.9 Å². The number of hydrogen-bond donors (Lipinski definition) is 2. The summed E-state index contributed by atoms with van der Waals surface area (Å²) in [7, 11) is 0. The van der Waals surface area contributed by atoms with Gasteiger partial charge in [0.25, 0.3) is 5.01 Å². The molecule has 1 aromatic heterocycles. The number of thioether (sulfide) groups is 1. The van der Waals surface area contributed by atoms with Crippen molar-refractivity contribution in [2.75, 3.05) is 11.4 Å². The van der Waals surface area contributed by atoms with E-state index in [1.165, 1.54) is 20.4 Å². The Morgan fingerprint density at radius 1 is 0.860 bits per heavy atom. The molecule has 2 N–H and O–H groups in total. The fourth-order valence-electron chi connectivity index (χ4n) is 5.75. The number of carboxylic acid groups (broad SMARTS) is 2. The molecule has 0 fully saturated rings. The highest BCUT2D eigenvalue weighted by atomic mass is 32.2. The number of anilines is 1. The molecule has 1 aliphatic heterocycles. The predicted octanol–water partition coefficient (Wildman–Crippen LogP) is 8.47. The smallest absolute Gasteiger partial charge is 0.303 e. The minimum absolute atomic E-state index is 0.122. The summed E-state index contributed by atoms with van der Waals surface area (Å²) < 4.78 is 3.46. The van der Waals surface area contributed by atoms with Gasteiger partial charge >= 0.3 is 11.9 Å². The number of rotatable bonds is 11. The van der Waals surface area contributed by atoms with Crippen LogP contribution in [0.3, 0.4) is 0 Å².